The van der Waals surface area contributed by atoms with Gasteiger partial charge in [-0.25, -0.2) is 9.37 Å². The first-order valence-corrected chi connectivity index (χ1v) is 9.89. The van der Waals surface area contributed by atoms with Crippen LogP contribution in [0.2, 0.25) is 0 Å². The van der Waals surface area contributed by atoms with Crippen molar-refractivity contribution in [3.63, 3.8) is 0 Å². The third kappa shape index (κ3) is 4.37. The zero-order valence-corrected chi connectivity index (χ0v) is 16.8. The summed E-state index contributed by atoms with van der Waals surface area (Å²) in [7, 11) is 0. The number of hydrogen-bond acceptors (Lipinski definition) is 5. The van der Waals surface area contributed by atoms with Gasteiger partial charge in [0.05, 0.1) is 16.6 Å². The van der Waals surface area contributed by atoms with E-state index in [4.69, 9.17) is 14.6 Å². The second kappa shape index (κ2) is 8.51. The van der Waals surface area contributed by atoms with E-state index in [-0.39, 0.29) is 12.0 Å². The molecule has 4 rings (SSSR count). The highest BCUT2D eigenvalue weighted by atomic mass is 19.1. The lowest BCUT2D eigenvalue weighted by molar-refractivity contribution is -0.137. The summed E-state index contributed by atoms with van der Waals surface area (Å²) in [5, 5.41) is 13.3. The number of unbranched alkanes of at least 4 members (excludes halogenated alkanes) is 1. The zero-order valence-electron chi connectivity index (χ0n) is 16.8. The topological polar surface area (TPSA) is 98.2 Å². The standard InChI is InChI=1S/C23H20FN3O4/c1-14-12-19(26-31-14)15-6-11-18-20(13-15)25-21(4-2-3-5-22(28)29)27(23(18)30)17-9-7-16(24)8-10-17/h6-13H,2-5H2,1H3,(H,28,29). The van der Waals surface area contributed by atoms with E-state index in [1.165, 1.54) is 28.8 Å². The molecule has 0 fully saturated rings. The Morgan fingerprint density at radius 3 is 2.58 bits per heavy atom. The molecule has 0 amide bonds. The molecule has 4 aromatic rings. The van der Waals surface area contributed by atoms with Crippen molar-refractivity contribution in [2.75, 3.05) is 0 Å². The molecule has 0 bridgehead atoms. The predicted molar refractivity (Wildman–Crippen MR) is 113 cm³/mol. The van der Waals surface area contributed by atoms with E-state index in [0.29, 0.717) is 53.1 Å². The van der Waals surface area contributed by atoms with Gasteiger partial charge in [-0.1, -0.05) is 11.2 Å². The fraction of sp³-hybridized carbons (Fsp3) is 0.217. The maximum absolute atomic E-state index is 13.4. The van der Waals surface area contributed by atoms with Gasteiger partial charge in [0.25, 0.3) is 5.56 Å². The first kappa shape index (κ1) is 20.5. The quantitative estimate of drug-likeness (QED) is 0.447. The molecule has 0 aliphatic carbocycles. The smallest absolute Gasteiger partial charge is 0.303 e. The van der Waals surface area contributed by atoms with E-state index in [1.54, 1.807) is 31.2 Å². The van der Waals surface area contributed by atoms with Crippen LogP contribution < -0.4 is 5.56 Å². The number of fused-ring (bicyclic) bond motifs is 1. The number of aliphatic carboxylic acids is 1. The normalized spacial score (nSPS) is 11.2. The van der Waals surface area contributed by atoms with Crippen LogP contribution in [-0.2, 0) is 11.2 Å². The molecule has 7 nitrogen and oxygen atoms in total. The number of aryl methyl sites for hydroxylation is 2. The van der Waals surface area contributed by atoms with Gasteiger partial charge < -0.3 is 9.63 Å². The molecule has 0 atom stereocenters. The van der Waals surface area contributed by atoms with Gasteiger partial charge in [0.1, 0.15) is 23.1 Å². The van der Waals surface area contributed by atoms with E-state index in [9.17, 15) is 14.0 Å². The van der Waals surface area contributed by atoms with Crippen LogP contribution in [0.1, 0.15) is 30.8 Å². The summed E-state index contributed by atoms with van der Waals surface area (Å²) in [5.74, 6) is -0.104. The highest BCUT2D eigenvalue weighted by Gasteiger charge is 2.15. The molecule has 2 aromatic heterocycles. The Kier molecular flexibility index (Phi) is 5.62. The Bertz CT molecular complexity index is 1310. The van der Waals surface area contributed by atoms with Crippen molar-refractivity contribution in [1.29, 1.82) is 0 Å². The van der Waals surface area contributed by atoms with E-state index in [0.717, 1.165) is 5.56 Å². The van der Waals surface area contributed by atoms with Crippen molar-refractivity contribution in [3.8, 4) is 16.9 Å². The van der Waals surface area contributed by atoms with E-state index >= 15 is 0 Å². The number of carbonyl (C=O) groups is 1. The predicted octanol–water partition coefficient (Wildman–Crippen LogP) is 4.29. The van der Waals surface area contributed by atoms with Gasteiger partial charge in [0, 0.05) is 24.5 Å². The van der Waals surface area contributed by atoms with Crippen LogP contribution >= 0.6 is 0 Å². The maximum Gasteiger partial charge on any atom is 0.303 e. The summed E-state index contributed by atoms with van der Waals surface area (Å²) in [5.41, 5.74) is 2.16. The van der Waals surface area contributed by atoms with E-state index in [1.807, 2.05) is 0 Å². The van der Waals surface area contributed by atoms with E-state index < -0.39 is 11.8 Å². The molecule has 0 saturated heterocycles. The zero-order chi connectivity index (χ0) is 22.0. The lowest BCUT2D eigenvalue weighted by Crippen LogP contribution is -2.24. The monoisotopic (exact) mass is 421 g/mol. The molecular weight excluding hydrogens is 401 g/mol. The molecular formula is C23H20FN3O4. The third-order valence-electron chi connectivity index (χ3n) is 4.99. The van der Waals surface area contributed by atoms with Gasteiger partial charge in [-0.2, -0.15) is 0 Å². The molecule has 0 saturated carbocycles. The minimum Gasteiger partial charge on any atom is -0.481 e. The molecule has 0 spiro atoms. The first-order chi connectivity index (χ1) is 14.9. The summed E-state index contributed by atoms with van der Waals surface area (Å²) >= 11 is 0. The van der Waals surface area contributed by atoms with Gasteiger partial charge in [0.2, 0.25) is 0 Å². The Morgan fingerprint density at radius 2 is 1.90 bits per heavy atom. The molecule has 2 aromatic carbocycles. The van der Waals surface area contributed by atoms with Crippen LogP contribution in [0.5, 0.6) is 0 Å². The first-order valence-electron chi connectivity index (χ1n) is 9.89. The van der Waals surface area contributed by atoms with E-state index in [2.05, 4.69) is 5.16 Å². The van der Waals surface area contributed by atoms with Crippen LogP contribution in [0.4, 0.5) is 4.39 Å². The average molecular weight is 421 g/mol. The van der Waals surface area contributed by atoms with Crippen LogP contribution in [0.25, 0.3) is 27.8 Å². The summed E-state index contributed by atoms with van der Waals surface area (Å²) in [6, 6.07) is 12.7. The lowest BCUT2D eigenvalue weighted by Gasteiger charge is -2.14. The van der Waals surface area contributed by atoms with Crippen molar-refractivity contribution < 1.29 is 18.8 Å². The number of benzene rings is 2. The number of carboxylic acid groups (broad SMARTS) is 1. The van der Waals surface area contributed by atoms with Gasteiger partial charge in [-0.05, 0) is 56.2 Å². The van der Waals surface area contributed by atoms with Crippen LogP contribution in [-0.4, -0.2) is 25.8 Å². The molecule has 0 aliphatic heterocycles. The van der Waals surface area contributed by atoms with Crippen molar-refractivity contribution >= 4 is 16.9 Å². The summed E-state index contributed by atoms with van der Waals surface area (Å²) < 4.78 is 20.0. The maximum atomic E-state index is 13.4. The van der Waals surface area contributed by atoms with Crippen molar-refractivity contribution in [2.24, 2.45) is 0 Å². The molecule has 2 heterocycles. The van der Waals surface area contributed by atoms with Crippen molar-refractivity contribution in [2.45, 2.75) is 32.6 Å². The number of aromatic nitrogens is 3. The highest BCUT2D eigenvalue weighted by molar-refractivity contribution is 5.83. The van der Waals surface area contributed by atoms with Crippen LogP contribution in [0, 0.1) is 12.7 Å². The molecule has 0 aliphatic rings. The third-order valence-corrected chi connectivity index (χ3v) is 4.99. The summed E-state index contributed by atoms with van der Waals surface area (Å²) in [6.07, 6.45) is 1.46. The number of carboxylic acids is 1. The Hall–Kier alpha value is -3.81. The molecule has 31 heavy (non-hydrogen) atoms. The highest BCUT2D eigenvalue weighted by Crippen LogP contribution is 2.23. The number of hydrogen-bond donors (Lipinski definition) is 1. The SMILES string of the molecule is Cc1cc(-c2ccc3c(=O)n(-c4ccc(F)cc4)c(CCCCC(=O)O)nc3c2)no1. The van der Waals surface area contributed by atoms with Crippen LogP contribution in [0.15, 0.2) is 57.8 Å². The number of halogens is 1. The van der Waals surface area contributed by atoms with Crippen molar-refractivity contribution in [3.05, 3.63) is 76.3 Å². The number of nitrogens with zero attached hydrogens (tertiary/aromatic N) is 3. The number of rotatable bonds is 7. The lowest BCUT2D eigenvalue weighted by atomic mass is 10.1. The summed E-state index contributed by atoms with van der Waals surface area (Å²) in [6.45, 7) is 1.80. The molecule has 8 heteroatoms. The fourth-order valence-electron chi connectivity index (χ4n) is 3.48. The van der Waals surface area contributed by atoms with Gasteiger partial charge >= 0.3 is 5.97 Å². The minimum atomic E-state index is -0.866. The fourth-order valence-corrected chi connectivity index (χ4v) is 3.48. The van der Waals surface area contributed by atoms with Crippen LogP contribution in [0.3, 0.4) is 0 Å². The van der Waals surface area contributed by atoms with Crippen molar-refractivity contribution in [1.82, 2.24) is 14.7 Å². The molecule has 0 unspecified atom stereocenters. The molecule has 1 N–H and O–H groups in total. The van der Waals surface area contributed by atoms with Gasteiger partial charge in [-0.15, -0.1) is 0 Å². The molecule has 158 valence electrons. The summed E-state index contributed by atoms with van der Waals surface area (Å²) in [4.78, 5) is 28.9. The van der Waals surface area contributed by atoms with Gasteiger partial charge in [0.15, 0.2) is 0 Å². The Balaban J connectivity index is 1.82. The largest absolute Gasteiger partial charge is 0.481 e. The average Bonchev–Trinajstić information content (AvgIpc) is 3.18. The Labute approximate surface area is 176 Å². The minimum absolute atomic E-state index is 0.0457. The molecule has 0 radical (unpaired) electrons. The van der Waals surface area contributed by atoms with Gasteiger partial charge in [-0.3, -0.25) is 14.2 Å². The second-order valence-corrected chi connectivity index (χ2v) is 7.30. The second-order valence-electron chi connectivity index (χ2n) is 7.30. The Morgan fingerprint density at radius 1 is 1.13 bits per heavy atom.